The van der Waals surface area contributed by atoms with Gasteiger partial charge in [0.2, 0.25) is 11.8 Å². The zero-order valence-electron chi connectivity index (χ0n) is 14.2. The van der Waals surface area contributed by atoms with Crippen molar-refractivity contribution in [1.29, 1.82) is 0 Å². The number of hydrogen-bond donors (Lipinski definition) is 0. The standard InChI is InChI=1S/C18H13F4N3O2/c1-10-6-12(9-24-15(10)18(20,21)22)27-17-13(4-3-5-23-17)14-7-11(19)8-25-16(14)26-2/h3-9H,1-2H3. The molecule has 0 N–H and O–H groups in total. The average molecular weight is 379 g/mol. The van der Waals surface area contributed by atoms with Crippen LogP contribution in [0.25, 0.3) is 11.1 Å². The van der Waals surface area contributed by atoms with Gasteiger partial charge in [0.15, 0.2) is 0 Å². The largest absolute Gasteiger partial charge is 0.481 e. The molecule has 0 aliphatic carbocycles. The molecule has 3 heterocycles. The van der Waals surface area contributed by atoms with Crippen molar-refractivity contribution in [3.05, 3.63) is 59.9 Å². The SMILES string of the molecule is COc1ncc(F)cc1-c1cccnc1Oc1cnc(C(F)(F)F)c(C)c1. The number of hydrogen-bond acceptors (Lipinski definition) is 5. The van der Waals surface area contributed by atoms with Crippen LogP contribution >= 0.6 is 0 Å². The number of rotatable bonds is 4. The molecule has 0 aliphatic heterocycles. The summed E-state index contributed by atoms with van der Waals surface area (Å²) in [6, 6.07) is 5.61. The van der Waals surface area contributed by atoms with Gasteiger partial charge in [0, 0.05) is 11.8 Å². The van der Waals surface area contributed by atoms with Gasteiger partial charge < -0.3 is 9.47 Å². The summed E-state index contributed by atoms with van der Waals surface area (Å²) in [5.41, 5.74) is -0.439. The van der Waals surface area contributed by atoms with E-state index in [2.05, 4.69) is 15.0 Å². The van der Waals surface area contributed by atoms with E-state index in [-0.39, 0.29) is 28.6 Å². The minimum Gasteiger partial charge on any atom is -0.481 e. The van der Waals surface area contributed by atoms with Crippen molar-refractivity contribution in [2.75, 3.05) is 7.11 Å². The molecule has 0 radical (unpaired) electrons. The van der Waals surface area contributed by atoms with Gasteiger partial charge in [0.05, 0.1) is 25.1 Å². The van der Waals surface area contributed by atoms with Crippen LogP contribution in [0.2, 0.25) is 0 Å². The fourth-order valence-electron chi connectivity index (χ4n) is 2.47. The molecule has 0 bridgehead atoms. The number of nitrogens with zero attached hydrogens (tertiary/aromatic N) is 3. The number of methoxy groups -OCH3 is 1. The molecule has 0 atom stereocenters. The number of alkyl halides is 3. The number of halogens is 4. The van der Waals surface area contributed by atoms with E-state index in [1.165, 1.54) is 32.4 Å². The van der Waals surface area contributed by atoms with Crippen molar-refractivity contribution < 1.29 is 27.0 Å². The zero-order valence-corrected chi connectivity index (χ0v) is 14.2. The quantitative estimate of drug-likeness (QED) is 0.609. The molecule has 9 heteroatoms. The Kier molecular flexibility index (Phi) is 4.93. The van der Waals surface area contributed by atoms with Crippen LogP contribution in [-0.2, 0) is 6.18 Å². The van der Waals surface area contributed by atoms with E-state index >= 15 is 0 Å². The molecule has 0 saturated carbocycles. The number of pyridine rings is 3. The van der Waals surface area contributed by atoms with E-state index in [4.69, 9.17) is 9.47 Å². The Morgan fingerprint density at radius 2 is 1.74 bits per heavy atom. The van der Waals surface area contributed by atoms with E-state index in [0.717, 1.165) is 12.4 Å². The molecule has 0 spiro atoms. The first-order valence-corrected chi connectivity index (χ1v) is 7.66. The van der Waals surface area contributed by atoms with Crippen molar-refractivity contribution in [1.82, 2.24) is 15.0 Å². The lowest BCUT2D eigenvalue weighted by Crippen LogP contribution is -2.10. The third-order valence-electron chi connectivity index (χ3n) is 3.61. The van der Waals surface area contributed by atoms with Gasteiger partial charge in [-0.15, -0.1) is 0 Å². The molecule has 3 aromatic rings. The molecule has 0 aromatic carbocycles. The lowest BCUT2D eigenvalue weighted by atomic mass is 10.1. The van der Waals surface area contributed by atoms with Gasteiger partial charge in [-0.3, -0.25) is 0 Å². The zero-order chi connectivity index (χ0) is 19.6. The summed E-state index contributed by atoms with van der Waals surface area (Å²) in [7, 11) is 1.38. The van der Waals surface area contributed by atoms with E-state index in [1.807, 2.05) is 0 Å². The number of ether oxygens (including phenoxy) is 2. The van der Waals surface area contributed by atoms with Crippen molar-refractivity contribution in [2.45, 2.75) is 13.1 Å². The van der Waals surface area contributed by atoms with Crippen molar-refractivity contribution in [2.24, 2.45) is 0 Å². The fourth-order valence-corrected chi connectivity index (χ4v) is 2.47. The number of aromatic nitrogens is 3. The lowest BCUT2D eigenvalue weighted by molar-refractivity contribution is -0.141. The maximum atomic E-state index is 13.6. The molecule has 27 heavy (non-hydrogen) atoms. The van der Waals surface area contributed by atoms with Crippen LogP contribution in [0.4, 0.5) is 17.6 Å². The van der Waals surface area contributed by atoms with Crippen molar-refractivity contribution in [3.63, 3.8) is 0 Å². The summed E-state index contributed by atoms with van der Waals surface area (Å²) >= 11 is 0. The van der Waals surface area contributed by atoms with Gasteiger partial charge in [-0.25, -0.2) is 19.3 Å². The predicted molar refractivity (Wildman–Crippen MR) is 88.0 cm³/mol. The fraction of sp³-hybridized carbons (Fsp3) is 0.167. The molecule has 0 amide bonds. The summed E-state index contributed by atoms with van der Waals surface area (Å²) in [6.07, 6.45) is -1.17. The summed E-state index contributed by atoms with van der Waals surface area (Å²) in [5, 5.41) is 0. The van der Waals surface area contributed by atoms with Gasteiger partial charge in [0.25, 0.3) is 0 Å². The van der Waals surface area contributed by atoms with Crippen LogP contribution in [0.15, 0.2) is 42.9 Å². The molecule has 0 aliphatic rings. The van der Waals surface area contributed by atoms with E-state index in [9.17, 15) is 17.6 Å². The van der Waals surface area contributed by atoms with E-state index in [0.29, 0.717) is 5.56 Å². The highest BCUT2D eigenvalue weighted by Crippen LogP contribution is 2.37. The third-order valence-corrected chi connectivity index (χ3v) is 3.61. The molecule has 5 nitrogen and oxygen atoms in total. The van der Waals surface area contributed by atoms with Gasteiger partial charge in [-0.2, -0.15) is 13.2 Å². The predicted octanol–water partition coefficient (Wildman–Crippen LogP) is 4.81. The van der Waals surface area contributed by atoms with Crippen LogP contribution in [0.1, 0.15) is 11.3 Å². The lowest BCUT2D eigenvalue weighted by Gasteiger charge is -2.14. The highest BCUT2D eigenvalue weighted by Gasteiger charge is 2.34. The molecule has 0 unspecified atom stereocenters. The molecule has 140 valence electrons. The Bertz CT molecular complexity index is 977. The second-order valence-corrected chi connectivity index (χ2v) is 5.50. The summed E-state index contributed by atoms with van der Waals surface area (Å²) in [4.78, 5) is 11.4. The number of aryl methyl sites for hydroxylation is 1. The molecular weight excluding hydrogens is 366 g/mol. The van der Waals surface area contributed by atoms with Crippen LogP contribution in [0, 0.1) is 12.7 Å². The Morgan fingerprint density at radius 3 is 2.41 bits per heavy atom. The van der Waals surface area contributed by atoms with Gasteiger partial charge in [-0.05, 0) is 36.8 Å². The van der Waals surface area contributed by atoms with E-state index in [1.54, 1.807) is 12.1 Å². The van der Waals surface area contributed by atoms with Gasteiger partial charge in [0.1, 0.15) is 17.3 Å². The maximum absolute atomic E-state index is 13.6. The summed E-state index contributed by atoms with van der Waals surface area (Å²) in [5.74, 6) is -0.337. The minimum absolute atomic E-state index is 0.0455. The monoisotopic (exact) mass is 379 g/mol. The summed E-state index contributed by atoms with van der Waals surface area (Å²) < 4.78 is 62.9. The van der Waals surface area contributed by atoms with Crippen molar-refractivity contribution >= 4 is 0 Å². The molecule has 0 saturated heterocycles. The van der Waals surface area contributed by atoms with Crippen molar-refractivity contribution in [3.8, 4) is 28.6 Å². The maximum Gasteiger partial charge on any atom is 0.433 e. The first-order valence-electron chi connectivity index (χ1n) is 7.66. The van der Waals surface area contributed by atoms with E-state index < -0.39 is 17.7 Å². The Hall–Kier alpha value is -3.23. The van der Waals surface area contributed by atoms with Gasteiger partial charge >= 0.3 is 6.18 Å². The topological polar surface area (TPSA) is 57.1 Å². The summed E-state index contributed by atoms with van der Waals surface area (Å²) in [6.45, 7) is 1.28. The highest BCUT2D eigenvalue weighted by molar-refractivity contribution is 5.73. The van der Waals surface area contributed by atoms with Crippen LogP contribution in [0.3, 0.4) is 0 Å². The van der Waals surface area contributed by atoms with Crippen LogP contribution in [-0.4, -0.2) is 22.1 Å². The van der Waals surface area contributed by atoms with Crippen LogP contribution < -0.4 is 9.47 Å². The van der Waals surface area contributed by atoms with Gasteiger partial charge in [-0.1, -0.05) is 0 Å². The second-order valence-electron chi connectivity index (χ2n) is 5.50. The normalized spacial score (nSPS) is 11.3. The molecule has 3 rings (SSSR count). The van der Waals surface area contributed by atoms with Crippen LogP contribution in [0.5, 0.6) is 17.5 Å². The molecule has 3 aromatic heterocycles. The molecule has 0 fully saturated rings. The first-order chi connectivity index (χ1) is 12.8. The highest BCUT2D eigenvalue weighted by atomic mass is 19.4. The molecular formula is C18H13F4N3O2. The second kappa shape index (κ2) is 7.18. The Labute approximate surface area is 151 Å². The first kappa shape index (κ1) is 18.6. The smallest absolute Gasteiger partial charge is 0.433 e. The minimum atomic E-state index is -4.56. The third kappa shape index (κ3) is 3.97. The Morgan fingerprint density at radius 1 is 0.963 bits per heavy atom. The average Bonchev–Trinajstić information content (AvgIpc) is 2.61. The Balaban J connectivity index is 2.01.